The second-order valence-corrected chi connectivity index (χ2v) is 11.0. The Balaban J connectivity index is 0.000000151. The molecular formula is C36H22Mn2N12. The van der Waals surface area contributed by atoms with Crippen LogP contribution < -0.4 is 0 Å². The van der Waals surface area contributed by atoms with Crippen LogP contribution in [0.4, 0.5) is 0 Å². The SMILES string of the molecule is C1=CC2=NC3=NC(=NC4=NC(=NC5=NC(=NC1=N2)C=C5)C=C4)C=C3.C1=Cc2cc3ccc(cc4ccc(cc5nc(cc1n2)C=C5)[nH]4)[nH]3.[Mn].[Mn]. The third-order valence-corrected chi connectivity index (χ3v) is 7.40. The maximum atomic E-state index is 4.62. The smallest absolute Gasteiger partial charge is 0.156 e. The number of hydrogen-bond donors (Lipinski definition) is 2. The molecule has 2 radical (unpaired) electrons. The number of hydrogen-bond acceptors (Lipinski definition) is 10. The van der Waals surface area contributed by atoms with Crippen LogP contribution in [0.5, 0.6) is 0 Å². The van der Waals surface area contributed by atoms with E-state index in [1.807, 2.05) is 42.5 Å². The summed E-state index contributed by atoms with van der Waals surface area (Å²) in [4.78, 5) is 50.8. The van der Waals surface area contributed by atoms with Crippen LogP contribution in [0.3, 0.4) is 0 Å². The molecule has 3 aromatic heterocycles. The molecule has 14 heteroatoms. The van der Waals surface area contributed by atoms with E-state index in [0.29, 0.717) is 46.7 Å². The summed E-state index contributed by atoms with van der Waals surface area (Å²) in [5.41, 5.74) is 7.86. The maximum Gasteiger partial charge on any atom is 0.156 e. The Morgan fingerprint density at radius 1 is 0.280 bits per heavy atom. The molecule has 3 aromatic rings. The van der Waals surface area contributed by atoms with Gasteiger partial charge in [-0.2, -0.15) is 0 Å². The third kappa shape index (κ3) is 7.34. The van der Waals surface area contributed by atoms with E-state index in [4.69, 9.17) is 0 Å². The molecule has 0 saturated carbocycles. The minimum atomic E-state index is 0. The first kappa shape index (κ1) is 32.5. The average molecular weight is 733 g/mol. The summed E-state index contributed by atoms with van der Waals surface area (Å²) < 4.78 is 0. The Hall–Kier alpha value is -6.04. The fraction of sp³-hybridized carbons (Fsp3) is 0. The second-order valence-electron chi connectivity index (χ2n) is 11.0. The second kappa shape index (κ2) is 13.8. The summed E-state index contributed by atoms with van der Waals surface area (Å²) >= 11 is 0. The molecule has 0 saturated heterocycles. The summed E-state index contributed by atoms with van der Waals surface area (Å²) in [7, 11) is 0. The van der Waals surface area contributed by atoms with Crippen molar-refractivity contribution < 1.29 is 34.1 Å². The Bertz CT molecular complexity index is 2290. The summed E-state index contributed by atoms with van der Waals surface area (Å²) in [6.07, 6.45) is 22.3. The number of aromatic nitrogens is 4. The predicted molar refractivity (Wildman–Crippen MR) is 195 cm³/mol. The van der Waals surface area contributed by atoms with Crippen LogP contribution in [0.15, 0.2) is 137 Å². The van der Waals surface area contributed by atoms with E-state index in [9.17, 15) is 0 Å². The van der Waals surface area contributed by atoms with Gasteiger partial charge >= 0.3 is 0 Å². The molecule has 2 N–H and O–H groups in total. The minimum absolute atomic E-state index is 0. The molecule has 10 heterocycles. The molecule has 0 amide bonds. The van der Waals surface area contributed by atoms with Crippen molar-refractivity contribution in [2.45, 2.75) is 0 Å². The number of rotatable bonds is 0. The molecule has 16 bridgehead atoms. The average Bonchev–Trinajstić information content (AvgIpc) is 3.91. The number of H-pyrrole nitrogens is 2. The number of nitrogens with zero attached hydrogens (tertiary/aromatic N) is 10. The standard InChI is InChI=1S/C20H14N4.C16H8N8.2Mn/c1-2-14-10-16-5-6-18(23-16)12-20-8-7-19(24-20)11-17-4-3-15(22-17)9-13(1)21-14;1-2-10-17-9(1)21-11-3-4-13(18-11)23-15-7-8-16(20-15)24-14-6-5-12(19-14)22-10;;/h1-12,21-22H;1-8H;;. The van der Waals surface area contributed by atoms with Gasteiger partial charge in [0.25, 0.3) is 0 Å². The predicted octanol–water partition coefficient (Wildman–Crippen LogP) is 6.12. The molecule has 0 aliphatic carbocycles. The van der Waals surface area contributed by atoms with Crippen LogP contribution in [-0.4, -0.2) is 66.6 Å². The zero-order valence-corrected chi connectivity index (χ0v) is 28.1. The number of fused-ring (bicyclic) bond motifs is 12. The molecule has 0 fully saturated rings. The molecule has 240 valence electrons. The maximum absolute atomic E-state index is 4.62. The van der Waals surface area contributed by atoms with Gasteiger partial charge in [0, 0.05) is 56.2 Å². The minimum Gasteiger partial charge on any atom is -0.355 e. The zero-order chi connectivity index (χ0) is 31.9. The van der Waals surface area contributed by atoms with Crippen molar-refractivity contribution >= 4 is 93.1 Å². The Morgan fingerprint density at radius 3 is 0.800 bits per heavy atom. The van der Waals surface area contributed by atoms with E-state index in [1.54, 1.807) is 48.6 Å². The molecule has 0 unspecified atom stereocenters. The van der Waals surface area contributed by atoms with Crippen LogP contribution >= 0.6 is 0 Å². The van der Waals surface area contributed by atoms with Crippen LogP contribution in [0.1, 0.15) is 22.8 Å². The summed E-state index contributed by atoms with van der Waals surface area (Å²) in [5, 5.41) is 0. The van der Waals surface area contributed by atoms with Gasteiger partial charge in [0.05, 0.1) is 22.8 Å². The van der Waals surface area contributed by atoms with Crippen LogP contribution in [0.25, 0.3) is 46.4 Å². The first-order chi connectivity index (χ1) is 23.6. The van der Waals surface area contributed by atoms with Crippen molar-refractivity contribution in [2.75, 3.05) is 0 Å². The molecule has 0 aromatic carbocycles. The van der Waals surface area contributed by atoms with Gasteiger partial charge in [0.15, 0.2) is 46.7 Å². The topological polar surface area (TPSA) is 156 Å². The normalized spacial score (nSPS) is 17.0. The van der Waals surface area contributed by atoms with Crippen molar-refractivity contribution in [1.82, 2.24) is 19.9 Å². The monoisotopic (exact) mass is 732 g/mol. The van der Waals surface area contributed by atoms with E-state index in [2.05, 4.69) is 90.2 Å². The molecular weight excluding hydrogens is 710 g/mol. The Kier molecular flexibility index (Phi) is 8.99. The summed E-state index contributed by atoms with van der Waals surface area (Å²) in [6, 6.07) is 16.4. The van der Waals surface area contributed by atoms with Gasteiger partial charge < -0.3 is 9.97 Å². The van der Waals surface area contributed by atoms with Crippen molar-refractivity contribution in [2.24, 2.45) is 39.9 Å². The number of aromatic amines is 2. The summed E-state index contributed by atoms with van der Waals surface area (Å²) in [6.45, 7) is 0. The zero-order valence-electron chi connectivity index (χ0n) is 25.8. The summed E-state index contributed by atoms with van der Waals surface area (Å²) in [5.74, 6) is 4.30. The first-order valence-electron chi connectivity index (χ1n) is 15.1. The first-order valence-corrected chi connectivity index (χ1v) is 15.1. The Labute approximate surface area is 305 Å². The number of amidine groups is 8. The molecule has 12 nitrogen and oxygen atoms in total. The quantitative estimate of drug-likeness (QED) is 0.184. The molecule has 7 aliphatic heterocycles. The van der Waals surface area contributed by atoms with Gasteiger partial charge in [-0.25, -0.2) is 49.9 Å². The molecule has 7 aliphatic rings. The molecule has 50 heavy (non-hydrogen) atoms. The molecule has 0 atom stereocenters. The van der Waals surface area contributed by atoms with Crippen molar-refractivity contribution in [1.29, 1.82) is 0 Å². The van der Waals surface area contributed by atoms with Crippen LogP contribution in [-0.2, 0) is 34.1 Å². The van der Waals surface area contributed by atoms with Crippen molar-refractivity contribution in [3.8, 4) is 0 Å². The van der Waals surface area contributed by atoms with E-state index in [0.717, 1.165) is 44.8 Å². The Morgan fingerprint density at radius 2 is 0.520 bits per heavy atom. The van der Waals surface area contributed by atoms with E-state index in [-0.39, 0.29) is 34.1 Å². The van der Waals surface area contributed by atoms with Gasteiger partial charge in [-0.15, -0.1) is 0 Å². The van der Waals surface area contributed by atoms with Crippen LogP contribution in [0, 0.1) is 0 Å². The molecule has 0 spiro atoms. The van der Waals surface area contributed by atoms with Gasteiger partial charge in [-0.1, -0.05) is 0 Å². The fourth-order valence-electron chi connectivity index (χ4n) is 5.28. The van der Waals surface area contributed by atoms with Gasteiger partial charge in [-0.05, 0) is 121 Å². The number of nitrogens with one attached hydrogen (secondary N) is 2. The van der Waals surface area contributed by atoms with E-state index in [1.165, 1.54) is 0 Å². The van der Waals surface area contributed by atoms with E-state index < -0.39 is 0 Å². The van der Waals surface area contributed by atoms with Gasteiger partial charge in [-0.3, -0.25) is 0 Å². The van der Waals surface area contributed by atoms with Crippen molar-refractivity contribution in [3.63, 3.8) is 0 Å². The van der Waals surface area contributed by atoms with Crippen LogP contribution in [0.2, 0.25) is 0 Å². The fourth-order valence-corrected chi connectivity index (χ4v) is 5.28. The van der Waals surface area contributed by atoms with E-state index >= 15 is 0 Å². The van der Waals surface area contributed by atoms with Gasteiger partial charge in [0.1, 0.15) is 0 Å². The third-order valence-electron chi connectivity index (χ3n) is 7.40. The van der Waals surface area contributed by atoms with Crippen molar-refractivity contribution in [3.05, 3.63) is 120 Å². The largest absolute Gasteiger partial charge is 0.355 e. The number of aliphatic imine (C=N–C) groups is 8. The molecule has 10 rings (SSSR count). The van der Waals surface area contributed by atoms with Gasteiger partial charge in [0.2, 0.25) is 0 Å².